The van der Waals surface area contributed by atoms with Crippen molar-refractivity contribution in [2.45, 2.75) is 0 Å². The van der Waals surface area contributed by atoms with E-state index in [1.165, 1.54) is 29.7 Å². The number of nitrogens with zero attached hydrogens (tertiary/aromatic N) is 3. The van der Waals surface area contributed by atoms with E-state index in [0.717, 1.165) is 0 Å². The number of benzene rings is 1. The lowest BCUT2D eigenvalue weighted by atomic mass is 10.1. The average molecular weight is 361 g/mol. The second kappa shape index (κ2) is 6.73. The largest absolute Gasteiger partial charge is 0.298 e. The Hall–Kier alpha value is -2.84. The minimum Gasteiger partial charge on any atom is -0.298 e. The molecule has 0 spiro atoms. The summed E-state index contributed by atoms with van der Waals surface area (Å²) in [4.78, 5) is 30.7. The predicted molar refractivity (Wildman–Crippen MR) is 91.4 cm³/mol. The molecule has 0 fully saturated rings. The number of pyridine rings is 1. The summed E-state index contributed by atoms with van der Waals surface area (Å²) >= 11 is 7.09. The first kappa shape index (κ1) is 16.0. The van der Waals surface area contributed by atoms with Crippen molar-refractivity contribution in [1.29, 1.82) is 0 Å². The fourth-order valence-electron chi connectivity index (χ4n) is 1.96. The van der Waals surface area contributed by atoms with Crippen LogP contribution in [0.15, 0.2) is 48.0 Å². The molecule has 2 heterocycles. The van der Waals surface area contributed by atoms with Crippen LogP contribution in [0.1, 0.15) is 10.4 Å². The molecule has 0 aliphatic heterocycles. The summed E-state index contributed by atoms with van der Waals surface area (Å²) in [6, 6.07) is 9.30. The Bertz CT molecular complexity index is 928. The summed E-state index contributed by atoms with van der Waals surface area (Å²) in [6.07, 6.45) is 1.49. The highest BCUT2D eigenvalue weighted by Crippen LogP contribution is 2.28. The maximum Gasteiger partial charge on any atom is 0.270 e. The third kappa shape index (κ3) is 3.39. The van der Waals surface area contributed by atoms with E-state index in [1.54, 1.807) is 29.6 Å². The first-order valence-corrected chi connectivity index (χ1v) is 7.92. The maximum absolute atomic E-state index is 12.2. The van der Waals surface area contributed by atoms with E-state index in [-0.39, 0.29) is 16.4 Å². The van der Waals surface area contributed by atoms with Crippen LogP contribution in [0.4, 0.5) is 10.8 Å². The molecule has 0 atom stereocenters. The van der Waals surface area contributed by atoms with Crippen LogP contribution in [0.3, 0.4) is 0 Å². The Labute approximate surface area is 145 Å². The second-order valence-electron chi connectivity index (χ2n) is 4.64. The van der Waals surface area contributed by atoms with Gasteiger partial charge >= 0.3 is 0 Å². The van der Waals surface area contributed by atoms with Crippen LogP contribution in [0.5, 0.6) is 0 Å². The van der Waals surface area contributed by atoms with Gasteiger partial charge in [0.25, 0.3) is 11.6 Å². The Morgan fingerprint density at radius 3 is 2.88 bits per heavy atom. The number of anilines is 1. The Kier molecular flexibility index (Phi) is 4.50. The molecule has 9 heteroatoms. The van der Waals surface area contributed by atoms with Gasteiger partial charge in [-0.2, -0.15) is 0 Å². The van der Waals surface area contributed by atoms with Crippen LogP contribution < -0.4 is 5.32 Å². The molecule has 1 N–H and O–H groups in total. The van der Waals surface area contributed by atoms with Gasteiger partial charge in [0, 0.05) is 29.3 Å². The standard InChI is InChI=1S/C15H9ClN4O3S/c16-13-11(5-2-6-17-13)14(21)19-15-18-12(8-24-15)9-3-1-4-10(7-9)20(22)23/h1-8H,(H,18,19,21). The van der Waals surface area contributed by atoms with E-state index in [9.17, 15) is 14.9 Å². The molecule has 0 unspecified atom stereocenters. The first-order chi connectivity index (χ1) is 11.5. The molecule has 0 aliphatic carbocycles. The second-order valence-corrected chi connectivity index (χ2v) is 5.86. The van der Waals surface area contributed by atoms with E-state index < -0.39 is 10.8 Å². The summed E-state index contributed by atoms with van der Waals surface area (Å²) in [7, 11) is 0. The lowest BCUT2D eigenvalue weighted by Gasteiger charge is -2.02. The third-order valence-corrected chi connectivity index (χ3v) is 4.14. The van der Waals surface area contributed by atoms with E-state index in [2.05, 4.69) is 15.3 Å². The molecular formula is C15H9ClN4O3S. The van der Waals surface area contributed by atoms with Gasteiger partial charge in [-0.25, -0.2) is 9.97 Å². The van der Waals surface area contributed by atoms with Crippen LogP contribution in [-0.4, -0.2) is 20.8 Å². The predicted octanol–water partition coefficient (Wildman–Crippen LogP) is 4.02. The molecule has 2 aromatic heterocycles. The van der Waals surface area contributed by atoms with Crippen LogP contribution in [0.2, 0.25) is 5.15 Å². The molecule has 0 radical (unpaired) electrons. The van der Waals surface area contributed by atoms with Crippen molar-refractivity contribution in [2.75, 3.05) is 5.32 Å². The summed E-state index contributed by atoms with van der Waals surface area (Å²) < 4.78 is 0. The summed E-state index contributed by atoms with van der Waals surface area (Å²) in [5, 5.41) is 15.6. The quantitative estimate of drug-likeness (QED) is 0.430. The molecule has 0 aliphatic rings. The smallest absolute Gasteiger partial charge is 0.270 e. The van der Waals surface area contributed by atoms with Crippen molar-refractivity contribution in [3.8, 4) is 11.3 Å². The van der Waals surface area contributed by atoms with Gasteiger partial charge in [-0.15, -0.1) is 11.3 Å². The van der Waals surface area contributed by atoms with E-state index in [4.69, 9.17) is 11.6 Å². The average Bonchev–Trinajstić information content (AvgIpc) is 3.04. The van der Waals surface area contributed by atoms with Gasteiger partial charge in [0.2, 0.25) is 0 Å². The van der Waals surface area contributed by atoms with E-state index in [1.807, 2.05) is 0 Å². The van der Waals surface area contributed by atoms with Gasteiger partial charge in [-0.3, -0.25) is 20.2 Å². The van der Waals surface area contributed by atoms with Crippen molar-refractivity contribution >= 4 is 39.7 Å². The molecule has 1 aromatic carbocycles. The molecule has 0 saturated carbocycles. The minimum atomic E-state index is -0.469. The number of nitro benzene ring substituents is 1. The number of hydrogen-bond acceptors (Lipinski definition) is 6. The highest BCUT2D eigenvalue weighted by Gasteiger charge is 2.14. The van der Waals surface area contributed by atoms with Crippen molar-refractivity contribution in [1.82, 2.24) is 9.97 Å². The topological polar surface area (TPSA) is 98.0 Å². The number of halogens is 1. The Balaban J connectivity index is 1.81. The number of carbonyl (C=O) groups is 1. The number of thiazole rings is 1. The van der Waals surface area contributed by atoms with Gasteiger partial charge in [0.15, 0.2) is 5.13 Å². The lowest BCUT2D eigenvalue weighted by Crippen LogP contribution is -2.12. The molecule has 1 amide bonds. The molecule has 120 valence electrons. The zero-order valence-electron chi connectivity index (χ0n) is 12.0. The SMILES string of the molecule is O=C(Nc1nc(-c2cccc([N+](=O)[O-])c2)cs1)c1cccnc1Cl. The Morgan fingerprint density at radius 2 is 2.12 bits per heavy atom. The van der Waals surface area contributed by atoms with Crippen molar-refractivity contribution in [3.05, 3.63) is 68.8 Å². The Morgan fingerprint density at radius 1 is 1.29 bits per heavy atom. The van der Waals surface area contributed by atoms with Crippen LogP contribution in [-0.2, 0) is 0 Å². The molecule has 0 saturated heterocycles. The number of nitro groups is 1. The number of aromatic nitrogens is 2. The number of amides is 1. The number of rotatable bonds is 4. The fourth-order valence-corrected chi connectivity index (χ4v) is 2.88. The highest BCUT2D eigenvalue weighted by molar-refractivity contribution is 7.14. The van der Waals surface area contributed by atoms with E-state index in [0.29, 0.717) is 16.4 Å². The molecule has 7 nitrogen and oxygen atoms in total. The van der Waals surface area contributed by atoms with Crippen molar-refractivity contribution in [2.24, 2.45) is 0 Å². The minimum absolute atomic E-state index is 0.0202. The van der Waals surface area contributed by atoms with Gasteiger partial charge in [0.1, 0.15) is 5.15 Å². The fraction of sp³-hybridized carbons (Fsp3) is 0. The highest BCUT2D eigenvalue weighted by atomic mass is 35.5. The van der Waals surface area contributed by atoms with Crippen molar-refractivity contribution in [3.63, 3.8) is 0 Å². The zero-order valence-corrected chi connectivity index (χ0v) is 13.5. The number of hydrogen-bond donors (Lipinski definition) is 1. The zero-order chi connectivity index (χ0) is 17.1. The number of non-ortho nitro benzene ring substituents is 1. The molecule has 24 heavy (non-hydrogen) atoms. The summed E-state index contributed by atoms with van der Waals surface area (Å²) in [6.45, 7) is 0. The van der Waals surface area contributed by atoms with Gasteiger partial charge < -0.3 is 0 Å². The summed E-state index contributed by atoms with van der Waals surface area (Å²) in [5.74, 6) is -0.423. The van der Waals surface area contributed by atoms with Crippen LogP contribution in [0, 0.1) is 10.1 Å². The first-order valence-electron chi connectivity index (χ1n) is 6.67. The van der Waals surface area contributed by atoms with Crippen molar-refractivity contribution < 1.29 is 9.72 Å². The monoisotopic (exact) mass is 360 g/mol. The van der Waals surface area contributed by atoms with Crippen LogP contribution in [0.25, 0.3) is 11.3 Å². The molecular weight excluding hydrogens is 352 g/mol. The van der Waals surface area contributed by atoms with Gasteiger partial charge in [0.05, 0.1) is 16.2 Å². The number of carbonyl (C=O) groups excluding carboxylic acids is 1. The molecule has 3 rings (SSSR count). The normalized spacial score (nSPS) is 10.4. The van der Waals surface area contributed by atoms with Gasteiger partial charge in [-0.05, 0) is 12.1 Å². The number of nitrogens with one attached hydrogen (secondary N) is 1. The maximum atomic E-state index is 12.2. The molecule has 3 aromatic rings. The van der Waals surface area contributed by atoms with Crippen LogP contribution >= 0.6 is 22.9 Å². The van der Waals surface area contributed by atoms with E-state index >= 15 is 0 Å². The molecule has 0 bridgehead atoms. The third-order valence-electron chi connectivity index (χ3n) is 3.08. The summed E-state index contributed by atoms with van der Waals surface area (Å²) in [5.41, 5.74) is 1.36. The van der Waals surface area contributed by atoms with Gasteiger partial charge in [-0.1, -0.05) is 23.7 Å². The lowest BCUT2D eigenvalue weighted by molar-refractivity contribution is -0.384.